The fraction of sp³-hybridized carbons (Fsp3) is 0. The molecular weight excluding hydrogens is 198 g/mol. The van der Waals surface area contributed by atoms with Gasteiger partial charge < -0.3 is 5.73 Å². The zero-order valence-electron chi connectivity index (χ0n) is 7.16. The van der Waals surface area contributed by atoms with E-state index in [4.69, 9.17) is 5.73 Å². The molecule has 0 aliphatic rings. The van der Waals surface area contributed by atoms with E-state index >= 15 is 0 Å². The standard InChI is InChI=1S/C8H7N5S/c9-6-3-13-8(5-12-6)14-7-4-10-1-2-11-7/h1-5H,(H2,9,12). The first-order chi connectivity index (χ1) is 6.84. The Bertz CT molecular complexity index is 402. The molecule has 0 atom stereocenters. The summed E-state index contributed by atoms with van der Waals surface area (Å²) in [6.07, 6.45) is 8.04. The third-order valence-electron chi connectivity index (χ3n) is 1.40. The van der Waals surface area contributed by atoms with Crippen LogP contribution in [0.1, 0.15) is 0 Å². The fourth-order valence-corrected chi connectivity index (χ4v) is 1.48. The topological polar surface area (TPSA) is 77.6 Å². The summed E-state index contributed by atoms with van der Waals surface area (Å²) in [5.74, 6) is 0.411. The largest absolute Gasteiger partial charge is 0.382 e. The second kappa shape index (κ2) is 4.01. The van der Waals surface area contributed by atoms with Crippen LogP contribution >= 0.6 is 11.8 Å². The van der Waals surface area contributed by atoms with Crippen molar-refractivity contribution in [1.29, 1.82) is 0 Å². The summed E-state index contributed by atoms with van der Waals surface area (Å²) < 4.78 is 0. The summed E-state index contributed by atoms with van der Waals surface area (Å²) in [5.41, 5.74) is 5.41. The number of aromatic nitrogens is 4. The minimum Gasteiger partial charge on any atom is -0.382 e. The number of nitrogens with two attached hydrogens (primary N) is 1. The zero-order valence-corrected chi connectivity index (χ0v) is 7.98. The third-order valence-corrected chi connectivity index (χ3v) is 2.24. The molecule has 2 aromatic rings. The van der Waals surface area contributed by atoms with Crippen molar-refractivity contribution in [2.45, 2.75) is 10.1 Å². The normalized spacial score (nSPS) is 10.0. The Hall–Kier alpha value is -1.69. The van der Waals surface area contributed by atoms with Gasteiger partial charge in [0, 0.05) is 12.4 Å². The summed E-state index contributed by atoms with van der Waals surface area (Å²) in [6.45, 7) is 0. The van der Waals surface area contributed by atoms with Gasteiger partial charge in [0.1, 0.15) is 15.9 Å². The Morgan fingerprint density at radius 3 is 2.43 bits per heavy atom. The van der Waals surface area contributed by atoms with Crippen LogP contribution in [0, 0.1) is 0 Å². The van der Waals surface area contributed by atoms with Crippen LogP contribution < -0.4 is 5.73 Å². The monoisotopic (exact) mass is 205 g/mol. The van der Waals surface area contributed by atoms with E-state index in [1.807, 2.05) is 0 Å². The van der Waals surface area contributed by atoms with E-state index in [2.05, 4.69) is 19.9 Å². The van der Waals surface area contributed by atoms with Crippen molar-refractivity contribution in [3.05, 3.63) is 31.0 Å². The molecule has 14 heavy (non-hydrogen) atoms. The Morgan fingerprint density at radius 1 is 0.929 bits per heavy atom. The van der Waals surface area contributed by atoms with Gasteiger partial charge in [0.15, 0.2) is 0 Å². The predicted octanol–water partition coefficient (Wildman–Crippen LogP) is 1.00. The van der Waals surface area contributed by atoms with Gasteiger partial charge in [0.2, 0.25) is 0 Å². The first kappa shape index (κ1) is 8.89. The summed E-state index contributed by atoms with van der Waals surface area (Å²) in [7, 11) is 0. The fourth-order valence-electron chi connectivity index (χ4n) is 0.824. The zero-order chi connectivity index (χ0) is 9.80. The Morgan fingerprint density at radius 2 is 1.79 bits per heavy atom. The van der Waals surface area contributed by atoms with Crippen molar-refractivity contribution < 1.29 is 0 Å². The Labute approximate surface area is 84.8 Å². The van der Waals surface area contributed by atoms with Gasteiger partial charge in [-0.3, -0.25) is 4.98 Å². The average Bonchev–Trinajstić information content (AvgIpc) is 2.23. The molecule has 2 aromatic heterocycles. The number of nitrogens with zero attached hydrogens (tertiary/aromatic N) is 4. The first-order valence-electron chi connectivity index (χ1n) is 3.86. The highest BCUT2D eigenvalue weighted by Gasteiger charge is 1.99. The van der Waals surface area contributed by atoms with Gasteiger partial charge in [0.25, 0.3) is 0 Å². The molecule has 0 amide bonds. The van der Waals surface area contributed by atoms with Gasteiger partial charge in [-0.25, -0.2) is 15.0 Å². The van der Waals surface area contributed by atoms with Crippen LogP contribution in [-0.2, 0) is 0 Å². The highest BCUT2D eigenvalue weighted by Crippen LogP contribution is 2.21. The molecule has 2 N–H and O–H groups in total. The van der Waals surface area contributed by atoms with E-state index in [0.29, 0.717) is 5.82 Å². The lowest BCUT2D eigenvalue weighted by atomic mass is 10.7. The summed E-state index contributed by atoms with van der Waals surface area (Å²) in [5, 5.41) is 1.53. The van der Waals surface area contributed by atoms with Crippen molar-refractivity contribution in [1.82, 2.24) is 19.9 Å². The van der Waals surface area contributed by atoms with E-state index in [0.717, 1.165) is 10.1 Å². The smallest absolute Gasteiger partial charge is 0.141 e. The van der Waals surface area contributed by atoms with Gasteiger partial charge in [-0.05, 0) is 11.8 Å². The molecule has 2 rings (SSSR count). The summed E-state index contributed by atoms with van der Waals surface area (Å²) in [6, 6.07) is 0. The van der Waals surface area contributed by atoms with Crippen molar-refractivity contribution in [3.63, 3.8) is 0 Å². The van der Waals surface area contributed by atoms with Crippen LogP contribution in [0.5, 0.6) is 0 Å². The lowest BCUT2D eigenvalue weighted by Crippen LogP contribution is -1.91. The molecule has 0 saturated heterocycles. The summed E-state index contributed by atoms with van der Waals surface area (Å²) in [4.78, 5) is 16.0. The second-order valence-corrected chi connectivity index (χ2v) is 3.47. The molecule has 0 bridgehead atoms. The molecule has 0 fully saturated rings. The maximum atomic E-state index is 5.41. The first-order valence-corrected chi connectivity index (χ1v) is 4.67. The molecule has 0 saturated carbocycles. The van der Waals surface area contributed by atoms with Crippen LogP contribution in [0.25, 0.3) is 0 Å². The quantitative estimate of drug-likeness (QED) is 0.788. The van der Waals surface area contributed by atoms with Gasteiger partial charge in [-0.2, -0.15) is 0 Å². The number of hydrogen-bond donors (Lipinski definition) is 1. The minimum absolute atomic E-state index is 0.411. The van der Waals surface area contributed by atoms with Crippen molar-refractivity contribution in [3.8, 4) is 0 Å². The van der Waals surface area contributed by atoms with Crippen molar-refractivity contribution in [2.24, 2.45) is 0 Å². The molecule has 0 aromatic carbocycles. The maximum Gasteiger partial charge on any atom is 0.141 e. The van der Waals surface area contributed by atoms with Crippen LogP contribution in [-0.4, -0.2) is 19.9 Å². The number of anilines is 1. The lowest BCUT2D eigenvalue weighted by molar-refractivity contribution is 1.03. The molecule has 0 radical (unpaired) electrons. The molecule has 0 aliphatic carbocycles. The molecular formula is C8H7N5S. The number of hydrogen-bond acceptors (Lipinski definition) is 6. The summed E-state index contributed by atoms with van der Waals surface area (Å²) >= 11 is 1.39. The SMILES string of the molecule is Nc1cnc(Sc2cnccn2)cn1. The van der Waals surface area contributed by atoms with Crippen molar-refractivity contribution >= 4 is 17.6 Å². The van der Waals surface area contributed by atoms with Crippen molar-refractivity contribution in [2.75, 3.05) is 5.73 Å². The Balaban J connectivity index is 2.16. The maximum absolute atomic E-state index is 5.41. The average molecular weight is 205 g/mol. The molecule has 6 heteroatoms. The van der Waals surface area contributed by atoms with E-state index in [9.17, 15) is 0 Å². The van der Waals surface area contributed by atoms with Crippen LogP contribution in [0.4, 0.5) is 5.82 Å². The molecule has 0 spiro atoms. The number of rotatable bonds is 2. The molecule has 5 nitrogen and oxygen atoms in total. The van der Waals surface area contributed by atoms with Crippen LogP contribution in [0.2, 0.25) is 0 Å². The highest BCUT2D eigenvalue weighted by molar-refractivity contribution is 7.99. The molecule has 2 heterocycles. The molecule has 0 unspecified atom stereocenters. The van der Waals surface area contributed by atoms with Crippen LogP contribution in [0.3, 0.4) is 0 Å². The predicted molar refractivity (Wildman–Crippen MR) is 52.6 cm³/mol. The van der Waals surface area contributed by atoms with Gasteiger partial charge in [-0.15, -0.1) is 0 Å². The Kier molecular flexibility index (Phi) is 2.55. The van der Waals surface area contributed by atoms with Gasteiger partial charge >= 0.3 is 0 Å². The third kappa shape index (κ3) is 2.17. The van der Waals surface area contributed by atoms with Gasteiger partial charge in [0.05, 0.1) is 18.6 Å². The van der Waals surface area contributed by atoms with Gasteiger partial charge in [-0.1, -0.05) is 0 Å². The second-order valence-electron chi connectivity index (χ2n) is 2.43. The lowest BCUT2D eigenvalue weighted by Gasteiger charge is -1.98. The number of nitrogen functional groups attached to an aromatic ring is 1. The van der Waals surface area contributed by atoms with E-state index < -0.39 is 0 Å². The molecule has 70 valence electrons. The van der Waals surface area contributed by atoms with E-state index in [-0.39, 0.29) is 0 Å². The van der Waals surface area contributed by atoms with E-state index in [1.165, 1.54) is 18.0 Å². The van der Waals surface area contributed by atoms with E-state index in [1.54, 1.807) is 24.8 Å². The highest BCUT2D eigenvalue weighted by atomic mass is 32.2. The molecule has 0 aliphatic heterocycles. The minimum atomic E-state index is 0.411. The van der Waals surface area contributed by atoms with Crippen LogP contribution in [0.15, 0.2) is 41.0 Å².